The van der Waals surface area contributed by atoms with E-state index in [2.05, 4.69) is 5.32 Å². The molecule has 0 saturated carbocycles. The van der Waals surface area contributed by atoms with Gasteiger partial charge in [0.2, 0.25) is 5.91 Å². The van der Waals surface area contributed by atoms with Crippen molar-refractivity contribution in [2.75, 3.05) is 16.0 Å². The Morgan fingerprint density at radius 3 is 2.37 bits per heavy atom. The van der Waals surface area contributed by atoms with E-state index in [0.717, 1.165) is 16.7 Å². The third kappa shape index (κ3) is 3.74. The molecule has 1 fully saturated rings. The molecule has 1 saturated heterocycles. The summed E-state index contributed by atoms with van der Waals surface area (Å²) in [5.41, 5.74) is 4.24. The molecule has 2 amide bonds. The van der Waals surface area contributed by atoms with Gasteiger partial charge in [0, 0.05) is 11.4 Å². The molecule has 2 aromatic carbocycles. The minimum absolute atomic E-state index is 0.0610. The van der Waals surface area contributed by atoms with Crippen molar-refractivity contribution < 1.29 is 9.59 Å². The SMILES string of the molecule is Cc1cc(C)c(NC(=O)/C(C#N)=C2\SCC(=O)N2c2ccccc2)c(C)c1. The third-order valence-corrected chi connectivity index (χ3v) is 5.32. The number of nitrogens with one attached hydrogen (secondary N) is 1. The predicted molar refractivity (Wildman–Crippen MR) is 108 cm³/mol. The Balaban J connectivity index is 1.99. The van der Waals surface area contributed by atoms with Crippen LogP contribution < -0.4 is 10.2 Å². The first-order chi connectivity index (χ1) is 12.9. The highest BCUT2D eigenvalue weighted by Crippen LogP contribution is 2.36. The molecule has 3 rings (SSSR count). The molecule has 0 unspecified atom stereocenters. The molecule has 1 N–H and O–H groups in total. The van der Waals surface area contributed by atoms with Crippen LogP contribution in [0.2, 0.25) is 0 Å². The van der Waals surface area contributed by atoms with E-state index in [1.54, 1.807) is 12.1 Å². The number of carbonyl (C=O) groups is 2. The maximum Gasteiger partial charge on any atom is 0.269 e. The van der Waals surface area contributed by atoms with Gasteiger partial charge in [-0.2, -0.15) is 5.26 Å². The number of benzene rings is 2. The molecule has 0 aliphatic carbocycles. The van der Waals surface area contributed by atoms with Gasteiger partial charge < -0.3 is 5.32 Å². The van der Waals surface area contributed by atoms with Crippen molar-refractivity contribution in [3.8, 4) is 6.07 Å². The van der Waals surface area contributed by atoms with Crippen LogP contribution in [0.1, 0.15) is 16.7 Å². The number of rotatable bonds is 3. The lowest BCUT2D eigenvalue weighted by Gasteiger charge is -2.19. The average molecular weight is 377 g/mol. The van der Waals surface area contributed by atoms with Gasteiger partial charge in [-0.3, -0.25) is 14.5 Å². The van der Waals surface area contributed by atoms with Crippen LogP contribution in [-0.2, 0) is 9.59 Å². The summed E-state index contributed by atoms with van der Waals surface area (Å²) >= 11 is 1.21. The van der Waals surface area contributed by atoms with Crippen LogP contribution in [0.5, 0.6) is 0 Å². The number of hydrogen-bond acceptors (Lipinski definition) is 4. The van der Waals surface area contributed by atoms with Gasteiger partial charge in [0.1, 0.15) is 16.7 Å². The van der Waals surface area contributed by atoms with Crippen molar-refractivity contribution in [1.82, 2.24) is 0 Å². The zero-order valence-electron chi connectivity index (χ0n) is 15.4. The highest BCUT2D eigenvalue weighted by Gasteiger charge is 2.33. The molecule has 27 heavy (non-hydrogen) atoms. The second-order valence-corrected chi connectivity index (χ2v) is 7.34. The van der Waals surface area contributed by atoms with E-state index >= 15 is 0 Å². The lowest BCUT2D eigenvalue weighted by molar-refractivity contribution is -0.115. The van der Waals surface area contributed by atoms with Gasteiger partial charge in [0.05, 0.1) is 5.75 Å². The normalized spacial score (nSPS) is 15.5. The summed E-state index contributed by atoms with van der Waals surface area (Å²) in [6.07, 6.45) is 0. The van der Waals surface area contributed by atoms with Crippen molar-refractivity contribution in [3.63, 3.8) is 0 Å². The number of aryl methyl sites for hydroxylation is 3. The number of nitrogens with zero attached hydrogens (tertiary/aromatic N) is 2. The lowest BCUT2D eigenvalue weighted by Crippen LogP contribution is -2.27. The van der Waals surface area contributed by atoms with E-state index in [4.69, 9.17) is 0 Å². The Morgan fingerprint density at radius 1 is 1.15 bits per heavy atom. The van der Waals surface area contributed by atoms with Crippen LogP contribution in [0, 0.1) is 32.1 Å². The summed E-state index contributed by atoms with van der Waals surface area (Å²) in [4.78, 5) is 26.7. The summed E-state index contributed by atoms with van der Waals surface area (Å²) < 4.78 is 0. The van der Waals surface area contributed by atoms with Gasteiger partial charge in [-0.05, 0) is 44.0 Å². The highest BCUT2D eigenvalue weighted by molar-refractivity contribution is 8.04. The van der Waals surface area contributed by atoms with E-state index in [9.17, 15) is 14.9 Å². The van der Waals surface area contributed by atoms with E-state index < -0.39 is 5.91 Å². The van der Waals surface area contributed by atoms with Crippen molar-refractivity contribution in [1.29, 1.82) is 5.26 Å². The summed E-state index contributed by atoms with van der Waals surface area (Å²) in [6, 6.07) is 15.0. The van der Waals surface area contributed by atoms with Gasteiger partial charge in [-0.25, -0.2) is 0 Å². The monoisotopic (exact) mass is 377 g/mol. The topological polar surface area (TPSA) is 73.2 Å². The zero-order chi connectivity index (χ0) is 19.6. The summed E-state index contributed by atoms with van der Waals surface area (Å²) in [7, 11) is 0. The molecule has 0 aromatic heterocycles. The fourth-order valence-corrected chi connectivity index (χ4v) is 4.15. The minimum atomic E-state index is -0.509. The smallest absolute Gasteiger partial charge is 0.269 e. The molecule has 5 nitrogen and oxygen atoms in total. The lowest BCUT2D eigenvalue weighted by atomic mass is 10.0. The van der Waals surface area contributed by atoms with Gasteiger partial charge >= 0.3 is 0 Å². The Hall–Kier alpha value is -3.04. The molecule has 1 heterocycles. The molecular formula is C21H19N3O2S. The minimum Gasteiger partial charge on any atom is -0.321 e. The van der Waals surface area contributed by atoms with Crippen molar-refractivity contribution in [2.45, 2.75) is 20.8 Å². The molecule has 1 aliphatic rings. The number of hydrogen-bond donors (Lipinski definition) is 1. The van der Waals surface area contributed by atoms with Crippen molar-refractivity contribution >= 4 is 35.0 Å². The molecule has 136 valence electrons. The maximum atomic E-state index is 12.9. The summed E-state index contributed by atoms with van der Waals surface area (Å²) in [5, 5.41) is 12.9. The molecule has 0 radical (unpaired) electrons. The first-order valence-electron chi connectivity index (χ1n) is 8.46. The first-order valence-corrected chi connectivity index (χ1v) is 9.45. The Morgan fingerprint density at radius 2 is 1.78 bits per heavy atom. The van der Waals surface area contributed by atoms with E-state index in [0.29, 0.717) is 16.4 Å². The Kier molecular flexibility index (Phi) is 5.33. The molecule has 1 aliphatic heterocycles. The summed E-state index contributed by atoms with van der Waals surface area (Å²) in [5.74, 6) is -0.458. The van der Waals surface area contributed by atoms with Crippen LogP contribution in [0.25, 0.3) is 0 Å². The number of nitriles is 1. The molecule has 0 atom stereocenters. The van der Waals surface area contributed by atoms with Crippen LogP contribution in [0.3, 0.4) is 0 Å². The fourth-order valence-electron chi connectivity index (χ4n) is 3.14. The third-order valence-electron chi connectivity index (χ3n) is 4.27. The molecule has 2 aromatic rings. The van der Waals surface area contributed by atoms with Gasteiger partial charge in [0.25, 0.3) is 5.91 Å². The van der Waals surface area contributed by atoms with Gasteiger partial charge in [-0.15, -0.1) is 0 Å². The quantitative estimate of drug-likeness (QED) is 0.646. The van der Waals surface area contributed by atoms with Crippen LogP contribution in [0.4, 0.5) is 11.4 Å². The highest BCUT2D eigenvalue weighted by atomic mass is 32.2. The van der Waals surface area contributed by atoms with E-state index in [1.165, 1.54) is 16.7 Å². The largest absolute Gasteiger partial charge is 0.321 e. The number of amides is 2. The fraction of sp³-hybridized carbons (Fsp3) is 0.190. The average Bonchev–Trinajstić information content (AvgIpc) is 3.01. The number of thioether (sulfide) groups is 1. The standard InChI is InChI=1S/C21H19N3O2S/c1-13-9-14(2)19(15(3)10-13)23-20(26)17(11-22)21-24(18(25)12-27-21)16-7-5-4-6-8-16/h4-10H,12H2,1-3H3,(H,23,26)/b21-17-. The molecule has 0 bridgehead atoms. The molecule has 0 spiro atoms. The molecular weight excluding hydrogens is 358 g/mol. The van der Waals surface area contributed by atoms with Crippen LogP contribution in [0.15, 0.2) is 53.1 Å². The van der Waals surface area contributed by atoms with Crippen molar-refractivity contribution in [3.05, 3.63) is 69.8 Å². The number of para-hydroxylation sites is 1. The van der Waals surface area contributed by atoms with E-state index in [1.807, 2.05) is 57.2 Å². The number of carbonyl (C=O) groups excluding carboxylic acids is 2. The Bertz CT molecular complexity index is 967. The Labute approximate surface area is 162 Å². The number of anilines is 2. The first kappa shape index (κ1) is 18.7. The summed E-state index contributed by atoms with van der Waals surface area (Å²) in [6.45, 7) is 5.82. The van der Waals surface area contributed by atoms with E-state index in [-0.39, 0.29) is 17.2 Å². The predicted octanol–water partition coefficient (Wildman–Crippen LogP) is 4.07. The van der Waals surface area contributed by atoms with Crippen LogP contribution >= 0.6 is 11.8 Å². The second kappa shape index (κ2) is 7.68. The van der Waals surface area contributed by atoms with Gasteiger partial charge in [0.15, 0.2) is 0 Å². The van der Waals surface area contributed by atoms with Crippen LogP contribution in [-0.4, -0.2) is 17.6 Å². The van der Waals surface area contributed by atoms with Crippen molar-refractivity contribution in [2.24, 2.45) is 0 Å². The van der Waals surface area contributed by atoms with Gasteiger partial charge in [-0.1, -0.05) is 47.7 Å². The zero-order valence-corrected chi connectivity index (χ0v) is 16.2. The molecule has 6 heteroatoms. The maximum absolute atomic E-state index is 12.9. The second-order valence-electron chi connectivity index (χ2n) is 6.37.